The first-order valence-corrected chi connectivity index (χ1v) is 5.94. The average molecular weight is 271 g/mol. The lowest BCUT2D eigenvalue weighted by Gasteiger charge is -2.12. The maximum atomic E-state index is 5.37. The van der Waals surface area contributed by atoms with Crippen LogP contribution in [0.4, 0.5) is 11.5 Å². The molecule has 0 radical (unpaired) electrons. The summed E-state index contributed by atoms with van der Waals surface area (Å²) in [7, 11) is 3.18. The zero-order valence-electron chi connectivity index (χ0n) is 11.0. The van der Waals surface area contributed by atoms with E-state index in [2.05, 4.69) is 25.5 Å². The standard InChI is InChI=1S/C13H13N5O2/c1-19-11-4-9-8(5-16-18-9)3-10(11)17-13-12(20-2)6-14-7-15-13/h3-7H,1-2H3,(H,16,18)(H,14,15,17). The Bertz CT molecular complexity index is 740. The zero-order valence-corrected chi connectivity index (χ0v) is 11.0. The van der Waals surface area contributed by atoms with Gasteiger partial charge in [0.1, 0.15) is 12.1 Å². The number of aromatic amines is 1. The van der Waals surface area contributed by atoms with Crippen LogP contribution in [-0.4, -0.2) is 34.4 Å². The molecule has 0 spiro atoms. The van der Waals surface area contributed by atoms with Crippen LogP contribution < -0.4 is 14.8 Å². The van der Waals surface area contributed by atoms with Crippen molar-refractivity contribution < 1.29 is 9.47 Å². The summed E-state index contributed by atoms with van der Waals surface area (Å²) in [6, 6.07) is 3.80. The molecule has 0 fully saturated rings. The van der Waals surface area contributed by atoms with Crippen LogP contribution in [0.1, 0.15) is 0 Å². The highest BCUT2D eigenvalue weighted by molar-refractivity contribution is 5.86. The second kappa shape index (κ2) is 5.04. The van der Waals surface area contributed by atoms with E-state index in [4.69, 9.17) is 9.47 Å². The van der Waals surface area contributed by atoms with Gasteiger partial charge >= 0.3 is 0 Å². The van der Waals surface area contributed by atoms with Crippen LogP contribution in [0.25, 0.3) is 10.9 Å². The number of ether oxygens (including phenoxy) is 2. The molecule has 2 N–H and O–H groups in total. The van der Waals surface area contributed by atoms with E-state index in [-0.39, 0.29) is 0 Å². The molecule has 0 saturated heterocycles. The second-order valence-corrected chi connectivity index (χ2v) is 4.07. The summed E-state index contributed by atoms with van der Waals surface area (Å²) in [5, 5.41) is 11.1. The maximum absolute atomic E-state index is 5.37. The van der Waals surface area contributed by atoms with Crippen molar-refractivity contribution in [2.45, 2.75) is 0 Å². The van der Waals surface area contributed by atoms with Gasteiger partial charge < -0.3 is 14.8 Å². The van der Waals surface area contributed by atoms with Crippen molar-refractivity contribution >= 4 is 22.4 Å². The lowest BCUT2D eigenvalue weighted by atomic mass is 10.2. The molecule has 0 aliphatic rings. The summed E-state index contributed by atoms with van der Waals surface area (Å²) in [4.78, 5) is 8.08. The van der Waals surface area contributed by atoms with Gasteiger partial charge in [-0.25, -0.2) is 9.97 Å². The molecule has 102 valence electrons. The Morgan fingerprint density at radius 3 is 2.75 bits per heavy atom. The maximum Gasteiger partial charge on any atom is 0.179 e. The quantitative estimate of drug-likeness (QED) is 0.756. The highest BCUT2D eigenvalue weighted by Gasteiger charge is 2.10. The number of hydrogen-bond acceptors (Lipinski definition) is 6. The van der Waals surface area contributed by atoms with Crippen molar-refractivity contribution in [1.29, 1.82) is 0 Å². The van der Waals surface area contributed by atoms with Gasteiger partial charge in [-0.3, -0.25) is 5.10 Å². The summed E-state index contributed by atoms with van der Waals surface area (Å²) < 4.78 is 10.6. The number of methoxy groups -OCH3 is 2. The first-order valence-electron chi connectivity index (χ1n) is 5.94. The second-order valence-electron chi connectivity index (χ2n) is 4.07. The van der Waals surface area contributed by atoms with Gasteiger partial charge in [0.2, 0.25) is 0 Å². The highest BCUT2D eigenvalue weighted by atomic mass is 16.5. The number of hydrogen-bond donors (Lipinski definition) is 2. The van der Waals surface area contributed by atoms with Crippen LogP contribution in [0.15, 0.2) is 30.9 Å². The van der Waals surface area contributed by atoms with Crippen molar-refractivity contribution in [2.75, 3.05) is 19.5 Å². The smallest absolute Gasteiger partial charge is 0.179 e. The van der Waals surface area contributed by atoms with E-state index in [9.17, 15) is 0 Å². The van der Waals surface area contributed by atoms with Crippen LogP contribution in [0.5, 0.6) is 11.5 Å². The minimum absolute atomic E-state index is 0.557. The third-order valence-electron chi connectivity index (χ3n) is 2.91. The average Bonchev–Trinajstić information content (AvgIpc) is 2.94. The molecule has 0 atom stereocenters. The van der Waals surface area contributed by atoms with Gasteiger partial charge in [-0.15, -0.1) is 0 Å². The number of rotatable bonds is 4. The van der Waals surface area contributed by atoms with E-state index in [0.29, 0.717) is 17.3 Å². The monoisotopic (exact) mass is 271 g/mol. The van der Waals surface area contributed by atoms with E-state index in [1.165, 1.54) is 6.33 Å². The number of fused-ring (bicyclic) bond motifs is 1. The summed E-state index contributed by atoms with van der Waals surface area (Å²) in [6.07, 6.45) is 4.79. The van der Waals surface area contributed by atoms with Crippen LogP contribution in [0.2, 0.25) is 0 Å². The third kappa shape index (κ3) is 2.09. The number of H-pyrrole nitrogens is 1. The molecule has 0 aliphatic carbocycles. The highest BCUT2D eigenvalue weighted by Crippen LogP contribution is 2.33. The molecule has 7 nitrogen and oxygen atoms in total. The Morgan fingerprint density at radius 2 is 1.95 bits per heavy atom. The van der Waals surface area contributed by atoms with Crippen LogP contribution >= 0.6 is 0 Å². The Kier molecular flexibility index (Phi) is 3.08. The first-order chi connectivity index (χ1) is 9.81. The van der Waals surface area contributed by atoms with E-state index in [1.54, 1.807) is 26.6 Å². The minimum atomic E-state index is 0.557. The molecular formula is C13H13N5O2. The molecule has 2 aromatic heterocycles. The molecule has 0 saturated carbocycles. The van der Waals surface area contributed by atoms with Crippen molar-refractivity contribution in [1.82, 2.24) is 20.2 Å². The van der Waals surface area contributed by atoms with Crippen molar-refractivity contribution in [2.24, 2.45) is 0 Å². The van der Waals surface area contributed by atoms with E-state index < -0.39 is 0 Å². The fraction of sp³-hybridized carbons (Fsp3) is 0.154. The van der Waals surface area contributed by atoms with Crippen LogP contribution in [0, 0.1) is 0 Å². The van der Waals surface area contributed by atoms with E-state index in [0.717, 1.165) is 16.6 Å². The van der Waals surface area contributed by atoms with Gasteiger partial charge in [-0.2, -0.15) is 5.10 Å². The van der Waals surface area contributed by atoms with Crippen LogP contribution in [-0.2, 0) is 0 Å². The predicted molar refractivity (Wildman–Crippen MR) is 74.5 cm³/mol. The summed E-state index contributed by atoms with van der Waals surface area (Å²) in [6.45, 7) is 0. The van der Waals surface area contributed by atoms with Crippen molar-refractivity contribution in [3.8, 4) is 11.5 Å². The van der Waals surface area contributed by atoms with E-state index >= 15 is 0 Å². The summed E-state index contributed by atoms with van der Waals surface area (Å²) in [5.74, 6) is 1.81. The summed E-state index contributed by atoms with van der Waals surface area (Å²) >= 11 is 0. The molecular weight excluding hydrogens is 258 g/mol. The van der Waals surface area contributed by atoms with Crippen LogP contribution in [0.3, 0.4) is 0 Å². The molecule has 7 heteroatoms. The minimum Gasteiger partial charge on any atom is -0.494 e. The lowest BCUT2D eigenvalue weighted by Crippen LogP contribution is -2.00. The van der Waals surface area contributed by atoms with Crippen molar-refractivity contribution in [3.63, 3.8) is 0 Å². The normalized spacial score (nSPS) is 10.5. The van der Waals surface area contributed by atoms with Gasteiger partial charge in [0, 0.05) is 11.5 Å². The molecule has 20 heavy (non-hydrogen) atoms. The fourth-order valence-corrected chi connectivity index (χ4v) is 1.93. The SMILES string of the molecule is COc1cc2[nH]ncc2cc1Nc1ncncc1OC. The lowest BCUT2D eigenvalue weighted by molar-refractivity contribution is 0.412. The summed E-state index contributed by atoms with van der Waals surface area (Å²) in [5.41, 5.74) is 1.68. The molecule has 1 aromatic carbocycles. The van der Waals surface area contributed by atoms with Gasteiger partial charge in [0.15, 0.2) is 11.6 Å². The number of nitrogens with zero attached hydrogens (tertiary/aromatic N) is 3. The molecule has 0 unspecified atom stereocenters. The van der Waals surface area contributed by atoms with Crippen molar-refractivity contribution in [3.05, 3.63) is 30.9 Å². The predicted octanol–water partition coefficient (Wildman–Crippen LogP) is 2.11. The number of aromatic nitrogens is 4. The Hall–Kier alpha value is -2.83. The Labute approximate surface area is 115 Å². The van der Waals surface area contributed by atoms with Gasteiger partial charge in [0.05, 0.1) is 37.8 Å². The molecule has 3 aromatic rings. The zero-order chi connectivity index (χ0) is 13.9. The number of anilines is 2. The van der Waals surface area contributed by atoms with Gasteiger partial charge in [0.25, 0.3) is 0 Å². The fourth-order valence-electron chi connectivity index (χ4n) is 1.93. The number of nitrogens with one attached hydrogen (secondary N) is 2. The molecule has 0 amide bonds. The van der Waals surface area contributed by atoms with Gasteiger partial charge in [-0.1, -0.05) is 0 Å². The topological polar surface area (TPSA) is 85.0 Å². The number of benzene rings is 1. The largest absolute Gasteiger partial charge is 0.494 e. The molecule has 2 heterocycles. The molecule has 0 bridgehead atoms. The first kappa shape index (κ1) is 12.2. The molecule has 3 rings (SSSR count). The Balaban J connectivity index is 2.04. The molecule has 0 aliphatic heterocycles. The Morgan fingerprint density at radius 1 is 1.10 bits per heavy atom. The third-order valence-corrected chi connectivity index (χ3v) is 2.91. The van der Waals surface area contributed by atoms with Gasteiger partial charge in [-0.05, 0) is 6.07 Å². The van der Waals surface area contributed by atoms with E-state index in [1.807, 2.05) is 12.1 Å².